The van der Waals surface area contributed by atoms with Crippen molar-refractivity contribution in [3.63, 3.8) is 0 Å². The second kappa shape index (κ2) is 5.66. The molecule has 0 aliphatic heterocycles. The standard InChI is InChI=1S/C18H16N2/c1-14-6-5-9-16(11-10-14)18-19-12-17(13-20-18)15-7-3-2-4-8-15/h2-4,6-13H,5H2,1H3. The Labute approximate surface area is 119 Å². The molecule has 1 aromatic carbocycles. The summed E-state index contributed by atoms with van der Waals surface area (Å²) >= 11 is 0. The number of benzene rings is 1. The molecule has 0 unspecified atom stereocenters. The van der Waals surface area contributed by atoms with E-state index >= 15 is 0 Å². The monoisotopic (exact) mass is 260 g/mol. The number of hydrogen-bond acceptors (Lipinski definition) is 2. The van der Waals surface area contributed by atoms with Crippen LogP contribution in [0, 0.1) is 0 Å². The molecule has 2 heteroatoms. The van der Waals surface area contributed by atoms with Crippen molar-refractivity contribution in [2.75, 3.05) is 0 Å². The Morgan fingerprint density at radius 2 is 1.60 bits per heavy atom. The van der Waals surface area contributed by atoms with E-state index in [9.17, 15) is 0 Å². The van der Waals surface area contributed by atoms with Gasteiger partial charge in [0.2, 0.25) is 0 Å². The van der Waals surface area contributed by atoms with E-state index in [1.165, 1.54) is 5.57 Å². The van der Waals surface area contributed by atoms with E-state index in [0.29, 0.717) is 0 Å². The highest BCUT2D eigenvalue weighted by Crippen LogP contribution is 2.20. The van der Waals surface area contributed by atoms with Crippen LogP contribution in [0.1, 0.15) is 19.2 Å². The highest BCUT2D eigenvalue weighted by molar-refractivity contribution is 5.72. The van der Waals surface area contributed by atoms with Crippen LogP contribution in [-0.2, 0) is 0 Å². The second-order valence-corrected chi connectivity index (χ2v) is 4.84. The van der Waals surface area contributed by atoms with Gasteiger partial charge in [-0.05, 0) is 18.9 Å². The van der Waals surface area contributed by atoms with Crippen molar-refractivity contribution in [2.24, 2.45) is 0 Å². The quantitative estimate of drug-likeness (QED) is 0.798. The molecule has 0 amide bonds. The maximum atomic E-state index is 4.49. The van der Waals surface area contributed by atoms with Crippen LogP contribution in [0.3, 0.4) is 0 Å². The minimum atomic E-state index is 0.782. The molecule has 1 aliphatic rings. The van der Waals surface area contributed by atoms with Crippen molar-refractivity contribution in [1.29, 1.82) is 0 Å². The lowest BCUT2D eigenvalue weighted by Gasteiger charge is -2.03. The molecule has 3 rings (SSSR count). The predicted octanol–water partition coefficient (Wildman–Crippen LogP) is 4.43. The SMILES string of the molecule is CC1=CCC=C(c2ncc(-c3ccccc3)cn2)C=C1. The summed E-state index contributed by atoms with van der Waals surface area (Å²) in [6.07, 6.45) is 13.2. The third-order valence-corrected chi connectivity index (χ3v) is 3.32. The van der Waals surface area contributed by atoms with Gasteiger partial charge in [-0.15, -0.1) is 0 Å². The fraction of sp³-hybridized carbons (Fsp3) is 0.111. The lowest BCUT2D eigenvalue weighted by molar-refractivity contribution is 1.12. The highest BCUT2D eigenvalue weighted by Gasteiger charge is 2.04. The van der Waals surface area contributed by atoms with E-state index < -0.39 is 0 Å². The zero-order valence-corrected chi connectivity index (χ0v) is 11.5. The van der Waals surface area contributed by atoms with E-state index in [2.05, 4.69) is 53.3 Å². The molecule has 1 aromatic heterocycles. The van der Waals surface area contributed by atoms with E-state index in [0.717, 1.165) is 28.9 Å². The molecule has 0 fully saturated rings. The Balaban J connectivity index is 1.87. The van der Waals surface area contributed by atoms with Crippen molar-refractivity contribution in [3.05, 3.63) is 78.4 Å². The zero-order valence-electron chi connectivity index (χ0n) is 11.5. The second-order valence-electron chi connectivity index (χ2n) is 4.84. The largest absolute Gasteiger partial charge is 0.236 e. The predicted molar refractivity (Wildman–Crippen MR) is 83.0 cm³/mol. The van der Waals surface area contributed by atoms with E-state index in [1.54, 1.807) is 0 Å². The number of hydrogen-bond donors (Lipinski definition) is 0. The van der Waals surface area contributed by atoms with Gasteiger partial charge in [0.25, 0.3) is 0 Å². The molecule has 2 aromatic rings. The van der Waals surface area contributed by atoms with Crippen molar-refractivity contribution in [3.8, 4) is 11.1 Å². The summed E-state index contributed by atoms with van der Waals surface area (Å²) < 4.78 is 0. The van der Waals surface area contributed by atoms with Crippen LogP contribution in [0.15, 0.2) is 72.6 Å². The number of rotatable bonds is 2. The Bertz CT molecular complexity index is 677. The average Bonchev–Trinajstić information content (AvgIpc) is 2.73. The third kappa shape index (κ3) is 2.75. The van der Waals surface area contributed by atoms with Gasteiger partial charge in [0, 0.05) is 23.5 Å². The Hall–Kier alpha value is -2.48. The molecule has 1 heterocycles. The lowest BCUT2D eigenvalue weighted by atomic mass is 10.1. The highest BCUT2D eigenvalue weighted by atomic mass is 14.9. The molecule has 0 atom stereocenters. The summed E-state index contributed by atoms with van der Waals surface area (Å²) in [7, 11) is 0. The van der Waals surface area contributed by atoms with Gasteiger partial charge >= 0.3 is 0 Å². The Kier molecular flexibility index (Phi) is 3.55. The molecule has 20 heavy (non-hydrogen) atoms. The average molecular weight is 260 g/mol. The number of allylic oxidation sites excluding steroid dienone is 6. The molecule has 1 aliphatic carbocycles. The number of nitrogens with zero attached hydrogens (tertiary/aromatic N) is 2. The first kappa shape index (κ1) is 12.5. The van der Waals surface area contributed by atoms with Crippen LogP contribution >= 0.6 is 0 Å². The summed E-state index contributed by atoms with van der Waals surface area (Å²) in [6.45, 7) is 2.10. The van der Waals surface area contributed by atoms with E-state index in [4.69, 9.17) is 0 Å². The van der Waals surface area contributed by atoms with Crippen molar-refractivity contribution in [2.45, 2.75) is 13.3 Å². The van der Waals surface area contributed by atoms with E-state index in [1.807, 2.05) is 30.6 Å². The van der Waals surface area contributed by atoms with Gasteiger partial charge in [-0.25, -0.2) is 9.97 Å². The molecule has 0 saturated carbocycles. The van der Waals surface area contributed by atoms with Crippen LogP contribution < -0.4 is 0 Å². The topological polar surface area (TPSA) is 25.8 Å². The summed E-state index contributed by atoms with van der Waals surface area (Å²) in [5.41, 5.74) is 4.54. The first-order valence-corrected chi connectivity index (χ1v) is 6.76. The van der Waals surface area contributed by atoms with Crippen LogP contribution in [-0.4, -0.2) is 9.97 Å². The molecule has 2 nitrogen and oxygen atoms in total. The fourth-order valence-corrected chi connectivity index (χ4v) is 2.15. The Morgan fingerprint density at radius 3 is 2.35 bits per heavy atom. The third-order valence-electron chi connectivity index (χ3n) is 3.32. The normalized spacial score (nSPS) is 14.4. The smallest absolute Gasteiger partial charge is 0.158 e. The van der Waals surface area contributed by atoms with Crippen LogP contribution in [0.5, 0.6) is 0 Å². The van der Waals surface area contributed by atoms with Crippen molar-refractivity contribution >= 4 is 5.57 Å². The molecule has 0 N–H and O–H groups in total. The van der Waals surface area contributed by atoms with Gasteiger partial charge in [0.05, 0.1) is 0 Å². The van der Waals surface area contributed by atoms with Gasteiger partial charge in [-0.1, -0.05) is 60.2 Å². The molecule has 0 saturated heterocycles. The maximum absolute atomic E-state index is 4.49. The molecule has 0 spiro atoms. The Morgan fingerprint density at radius 1 is 0.850 bits per heavy atom. The van der Waals surface area contributed by atoms with Gasteiger partial charge in [0.1, 0.15) is 0 Å². The van der Waals surface area contributed by atoms with E-state index in [-0.39, 0.29) is 0 Å². The minimum Gasteiger partial charge on any atom is -0.236 e. The van der Waals surface area contributed by atoms with Crippen LogP contribution in [0.25, 0.3) is 16.7 Å². The minimum absolute atomic E-state index is 0.782. The fourth-order valence-electron chi connectivity index (χ4n) is 2.15. The first-order chi connectivity index (χ1) is 9.83. The maximum Gasteiger partial charge on any atom is 0.158 e. The van der Waals surface area contributed by atoms with Gasteiger partial charge in [-0.2, -0.15) is 0 Å². The van der Waals surface area contributed by atoms with Crippen molar-refractivity contribution < 1.29 is 0 Å². The van der Waals surface area contributed by atoms with Crippen molar-refractivity contribution in [1.82, 2.24) is 9.97 Å². The van der Waals surface area contributed by atoms with Gasteiger partial charge < -0.3 is 0 Å². The molecule has 0 bridgehead atoms. The van der Waals surface area contributed by atoms with Crippen LogP contribution in [0.4, 0.5) is 0 Å². The molecular weight excluding hydrogens is 244 g/mol. The lowest BCUT2D eigenvalue weighted by Crippen LogP contribution is -1.92. The molecular formula is C18H16N2. The van der Waals surface area contributed by atoms with Gasteiger partial charge in [-0.3, -0.25) is 0 Å². The molecule has 0 radical (unpaired) electrons. The summed E-state index contributed by atoms with van der Waals surface area (Å²) in [6, 6.07) is 10.2. The van der Waals surface area contributed by atoms with Crippen LogP contribution in [0.2, 0.25) is 0 Å². The number of aromatic nitrogens is 2. The molecule has 98 valence electrons. The van der Waals surface area contributed by atoms with Gasteiger partial charge in [0.15, 0.2) is 5.82 Å². The zero-order chi connectivity index (χ0) is 13.8. The first-order valence-electron chi connectivity index (χ1n) is 6.76. The summed E-state index contributed by atoms with van der Waals surface area (Å²) in [5, 5.41) is 0. The summed E-state index contributed by atoms with van der Waals surface area (Å²) in [4.78, 5) is 8.98. The summed E-state index contributed by atoms with van der Waals surface area (Å²) in [5.74, 6) is 0.782.